The molecular formula is C5H15N5. The van der Waals surface area contributed by atoms with Gasteiger partial charge in [-0.05, 0) is 5.92 Å². The zero-order valence-corrected chi connectivity index (χ0v) is 6.60. The first-order valence-corrected chi connectivity index (χ1v) is 3.46. The summed E-state index contributed by atoms with van der Waals surface area (Å²) in [6.07, 6.45) is 0.284. The van der Waals surface area contributed by atoms with Gasteiger partial charge in [-0.3, -0.25) is 0 Å². The summed E-state index contributed by atoms with van der Waals surface area (Å²) < 4.78 is 0. The second-order valence-corrected chi connectivity index (χ2v) is 2.79. The second-order valence-electron chi connectivity index (χ2n) is 2.79. The van der Waals surface area contributed by atoms with E-state index >= 15 is 0 Å². The number of hydrogen-bond donors (Lipinski definition) is 4. The maximum absolute atomic E-state index is 3.16. The lowest BCUT2D eigenvalue weighted by atomic mass is 10.2. The molecule has 4 N–H and O–H groups in total. The Labute approximate surface area is 61.0 Å². The van der Waals surface area contributed by atoms with Crippen molar-refractivity contribution in [3.8, 4) is 0 Å². The molecular weight excluding hydrogens is 130 g/mol. The zero-order chi connectivity index (χ0) is 7.56. The molecule has 0 aromatic rings. The van der Waals surface area contributed by atoms with Crippen molar-refractivity contribution in [2.45, 2.75) is 20.0 Å². The molecule has 0 aromatic heterocycles. The van der Waals surface area contributed by atoms with Crippen molar-refractivity contribution in [2.24, 2.45) is 5.92 Å². The van der Waals surface area contributed by atoms with Crippen molar-refractivity contribution in [1.29, 1.82) is 0 Å². The third-order valence-electron chi connectivity index (χ3n) is 1.45. The number of hydrazine groups is 4. The van der Waals surface area contributed by atoms with Crippen LogP contribution < -0.4 is 21.9 Å². The Kier molecular flexibility index (Phi) is 2.58. The number of nitrogens with zero attached hydrogens (tertiary/aromatic N) is 1. The van der Waals surface area contributed by atoms with E-state index in [4.69, 9.17) is 0 Å². The van der Waals surface area contributed by atoms with Crippen LogP contribution in [0.4, 0.5) is 0 Å². The predicted molar refractivity (Wildman–Crippen MR) is 38.9 cm³/mol. The fourth-order valence-corrected chi connectivity index (χ4v) is 0.783. The SMILES string of the molecule is CC(C)C1NNNN(C)N1. The highest BCUT2D eigenvalue weighted by molar-refractivity contribution is 4.64. The van der Waals surface area contributed by atoms with Crippen LogP contribution in [0.3, 0.4) is 0 Å². The van der Waals surface area contributed by atoms with E-state index in [-0.39, 0.29) is 6.17 Å². The standard InChI is InChI=1S/C5H15N5/c1-4(2)5-6-8-9-10(3)7-5/h4-9H,1-3H3. The van der Waals surface area contributed by atoms with Crippen molar-refractivity contribution in [1.82, 2.24) is 27.0 Å². The average molecular weight is 145 g/mol. The monoisotopic (exact) mass is 145 g/mol. The molecule has 1 aliphatic rings. The quantitative estimate of drug-likeness (QED) is 0.379. The molecule has 1 aliphatic heterocycles. The molecule has 1 saturated heterocycles. The predicted octanol–water partition coefficient (Wildman–Crippen LogP) is -1.07. The molecule has 10 heavy (non-hydrogen) atoms. The summed E-state index contributed by atoms with van der Waals surface area (Å²) in [5.41, 5.74) is 11.9. The van der Waals surface area contributed by atoms with Crippen LogP contribution in [0.25, 0.3) is 0 Å². The van der Waals surface area contributed by atoms with E-state index in [1.165, 1.54) is 0 Å². The van der Waals surface area contributed by atoms with Gasteiger partial charge in [0.15, 0.2) is 0 Å². The Morgan fingerprint density at radius 3 is 2.50 bits per heavy atom. The lowest BCUT2D eigenvalue weighted by Crippen LogP contribution is -2.71. The third-order valence-corrected chi connectivity index (χ3v) is 1.45. The van der Waals surface area contributed by atoms with Crippen LogP contribution in [0.15, 0.2) is 0 Å². The molecule has 0 spiro atoms. The van der Waals surface area contributed by atoms with Gasteiger partial charge in [0.25, 0.3) is 0 Å². The highest BCUT2D eigenvalue weighted by Gasteiger charge is 2.17. The summed E-state index contributed by atoms with van der Waals surface area (Å²) in [6.45, 7) is 4.29. The Morgan fingerprint density at radius 1 is 1.40 bits per heavy atom. The molecule has 60 valence electrons. The van der Waals surface area contributed by atoms with Gasteiger partial charge in [0.2, 0.25) is 0 Å². The maximum atomic E-state index is 3.16. The lowest BCUT2D eigenvalue weighted by molar-refractivity contribution is 0.00169. The molecule has 0 aliphatic carbocycles. The van der Waals surface area contributed by atoms with Crippen LogP contribution in [-0.4, -0.2) is 18.3 Å². The minimum Gasteiger partial charge on any atom is -0.224 e. The van der Waals surface area contributed by atoms with E-state index in [2.05, 4.69) is 35.8 Å². The van der Waals surface area contributed by atoms with Crippen molar-refractivity contribution in [2.75, 3.05) is 7.05 Å². The largest absolute Gasteiger partial charge is 0.224 e. The molecule has 1 fully saturated rings. The summed E-state index contributed by atoms with van der Waals surface area (Å²) >= 11 is 0. The maximum Gasteiger partial charge on any atom is 0.0884 e. The first-order valence-electron chi connectivity index (χ1n) is 3.46. The summed E-state index contributed by atoms with van der Waals surface area (Å²) in [5, 5.41) is 1.78. The summed E-state index contributed by atoms with van der Waals surface area (Å²) in [7, 11) is 1.91. The molecule has 1 atom stereocenters. The molecule has 0 saturated carbocycles. The molecule has 0 amide bonds. The number of hydrogen-bond acceptors (Lipinski definition) is 5. The highest BCUT2D eigenvalue weighted by Crippen LogP contribution is 1.97. The molecule has 1 heterocycles. The Hall–Kier alpha value is -0.200. The fraction of sp³-hybridized carbons (Fsp3) is 1.00. The van der Waals surface area contributed by atoms with Gasteiger partial charge in [-0.15, -0.1) is 0 Å². The van der Waals surface area contributed by atoms with E-state index in [0.29, 0.717) is 5.92 Å². The molecule has 0 bridgehead atoms. The van der Waals surface area contributed by atoms with Gasteiger partial charge >= 0.3 is 0 Å². The number of nitrogens with one attached hydrogen (secondary N) is 4. The Balaban J connectivity index is 2.32. The zero-order valence-electron chi connectivity index (χ0n) is 6.60. The first kappa shape index (κ1) is 7.90. The van der Waals surface area contributed by atoms with Gasteiger partial charge < -0.3 is 0 Å². The molecule has 5 heteroatoms. The van der Waals surface area contributed by atoms with E-state index in [0.717, 1.165) is 0 Å². The van der Waals surface area contributed by atoms with Crippen LogP contribution in [0, 0.1) is 5.92 Å². The van der Waals surface area contributed by atoms with Gasteiger partial charge in [0.05, 0.1) is 6.17 Å². The smallest absolute Gasteiger partial charge is 0.0884 e. The van der Waals surface area contributed by atoms with E-state index in [1.807, 2.05) is 7.05 Å². The molecule has 0 aromatic carbocycles. The normalized spacial score (nSPS) is 29.4. The fourth-order valence-electron chi connectivity index (χ4n) is 0.783. The van der Waals surface area contributed by atoms with Crippen molar-refractivity contribution >= 4 is 0 Å². The Bertz CT molecular complexity index is 104. The summed E-state index contributed by atoms with van der Waals surface area (Å²) in [5.74, 6) is 0.553. The molecule has 0 radical (unpaired) electrons. The molecule has 5 nitrogen and oxygen atoms in total. The van der Waals surface area contributed by atoms with Crippen molar-refractivity contribution in [3.05, 3.63) is 0 Å². The van der Waals surface area contributed by atoms with Crippen LogP contribution in [0.5, 0.6) is 0 Å². The molecule has 1 rings (SSSR count). The van der Waals surface area contributed by atoms with E-state index in [9.17, 15) is 0 Å². The first-order chi connectivity index (χ1) is 4.70. The van der Waals surface area contributed by atoms with Crippen LogP contribution in [-0.2, 0) is 0 Å². The lowest BCUT2D eigenvalue weighted by Gasteiger charge is -2.35. The highest BCUT2D eigenvalue weighted by atomic mass is 15.9. The van der Waals surface area contributed by atoms with Gasteiger partial charge in [-0.1, -0.05) is 13.8 Å². The minimum absolute atomic E-state index is 0.284. The van der Waals surface area contributed by atoms with E-state index < -0.39 is 0 Å². The van der Waals surface area contributed by atoms with Gasteiger partial charge in [0, 0.05) is 7.05 Å². The van der Waals surface area contributed by atoms with Crippen LogP contribution in [0.1, 0.15) is 13.8 Å². The Morgan fingerprint density at radius 2 is 2.10 bits per heavy atom. The number of rotatable bonds is 1. The van der Waals surface area contributed by atoms with Gasteiger partial charge in [-0.25, -0.2) is 10.9 Å². The summed E-state index contributed by atoms with van der Waals surface area (Å²) in [4.78, 5) is 0. The van der Waals surface area contributed by atoms with Crippen molar-refractivity contribution < 1.29 is 0 Å². The third kappa shape index (κ3) is 1.89. The summed E-state index contributed by atoms with van der Waals surface area (Å²) in [6, 6.07) is 0. The second kappa shape index (κ2) is 3.27. The van der Waals surface area contributed by atoms with Crippen LogP contribution in [0.2, 0.25) is 0 Å². The van der Waals surface area contributed by atoms with Gasteiger partial charge in [-0.2, -0.15) is 16.2 Å². The van der Waals surface area contributed by atoms with Crippen molar-refractivity contribution in [3.63, 3.8) is 0 Å². The molecule has 1 unspecified atom stereocenters. The minimum atomic E-state index is 0.284. The van der Waals surface area contributed by atoms with Gasteiger partial charge in [0.1, 0.15) is 0 Å². The van der Waals surface area contributed by atoms with Crippen LogP contribution >= 0.6 is 0 Å². The average Bonchev–Trinajstić information content (AvgIpc) is 1.88. The van der Waals surface area contributed by atoms with E-state index in [1.54, 1.807) is 5.12 Å². The topological polar surface area (TPSA) is 51.4 Å².